The lowest BCUT2D eigenvalue weighted by Gasteiger charge is -2.23. The van der Waals surface area contributed by atoms with Gasteiger partial charge in [0, 0.05) is 32.4 Å². The molecule has 0 fully saturated rings. The van der Waals surface area contributed by atoms with Crippen LogP contribution >= 0.6 is 39.1 Å². The number of halogens is 3. The van der Waals surface area contributed by atoms with E-state index in [2.05, 4.69) is 22.0 Å². The van der Waals surface area contributed by atoms with Gasteiger partial charge in [0.05, 0.1) is 12.0 Å². The van der Waals surface area contributed by atoms with Crippen LogP contribution in [0.3, 0.4) is 0 Å². The van der Waals surface area contributed by atoms with E-state index in [9.17, 15) is 10.1 Å². The smallest absolute Gasteiger partial charge is 0.163 e. The summed E-state index contributed by atoms with van der Waals surface area (Å²) in [6.07, 6.45) is 0.202. The minimum atomic E-state index is -0.515. The van der Waals surface area contributed by atoms with Gasteiger partial charge in [0.25, 0.3) is 0 Å². The van der Waals surface area contributed by atoms with E-state index in [1.165, 1.54) is 0 Å². The number of nitrogens with zero attached hydrogens (tertiary/aromatic N) is 1. The predicted molar refractivity (Wildman–Crippen MR) is 117 cm³/mol. The van der Waals surface area contributed by atoms with Gasteiger partial charge in [-0.2, -0.15) is 5.26 Å². The molecular formula is C23H16BrCl2NO. The highest BCUT2D eigenvalue weighted by Gasteiger charge is 2.28. The van der Waals surface area contributed by atoms with Gasteiger partial charge in [-0.3, -0.25) is 4.79 Å². The second kappa shape index (κ2) is 9.39. The Balaban J connectivity index is 1.99. The van der Waals surface area contributed by atoms with E-state index in [1.807, 2.05) is 36.4 Å². The van der Waals surface area contributed by atoms with Crippen molar-refractivity contribution in [1.82, 2.24) is 0 Å². The minimum Gasteiger partial charge on any atom is -0.294 e. The third-order valence-corrected chi connectivity index (χ3v) is 5.63. The second-order valence-electron chi connectivity index (χ2n) is 6.45. The SMILES string of the molecule is N#C[C@H](c1cccc(Cl)c1)[C@H](CC(=O)c1ccc(Br)cc1)c1ccc(Cl)cc1. The second-order valence-corrected chi connectivity index (χ2v) is 8.24. The van der Waals surface area contributed by atoms with Crippen molar-refractivity contribution >= 4 is 44.9 Å². The monoisotopic (exact) mass is 471 g/mol. The molecule has 0 amide bonds. The Morgan fingerprint density at radius 1 is 0.929 bits per heavy atom. The van der Waals surface area contributed by atoms with E-state index in [1.54, 1.807) is 36.4 Å². The summed E-state index contributed by atoms with van der Waals surface area (Å²) in [7, 11) is 0. The fraction of sp³-hybridized carbons (Fsp3) is 0.130. The van der Waals surface area contributed by atoms with Gasteiger partial charge in [0.2, 0.25) is 0 Å². The van der Waals surface area contributed by atoms with Crippen molar-refractivity contribution in [3.8, 4) is 6.07 Å². The zero-order valence-electron chi connectivity index (χ0n) is 14.8. The number of rotatable bonds is 6. The molecular weight excluding hydrogens is 457 g/mol. The molecule has 0 aliphatic heterocycles. The number of nitriles is 1. The molecule has 5 heteroatoms. The topological polar surface area (TPSA) is 40.9 Å². The summed E-state index contributed by atoms with van der Waals surface area (Å²) < 4.78 is 0.909. The Morgan fingerprint density at radius 2 is 1.61 bits per heavy atom. The number of hydrogen-bond acceptors (Lipinski definition) is 2. The number of Topliss-reactive ketones (excluding diaryl/α,β-unsaturated/α-hetero) is 1. The first-order valence-corrected chi connectivity index (χ1v) is 10.2. The zero-order chi connectivity index (χ0) is 20.1. The fourth-order valence-corrected chi connectivity index (χ4v) is 3.78. The lowest BCUT2D eigenvalue weighted by atomic mass is 9.78. The molecule has 3 aromatic carbocycles. The maximum absolute atomic E-state index is 12.9. The summed E-state index contributed by atoms with van der Waals surface area (Å²) in [5, 5.41) is 11.1. The van der Waals surface area contributed by atoms with Crippen LogP contribution in [-0.2, 0) is 0 Å². The van der Waals surface area contributed by atoms with Crippen LogP contribution in [0.1, 0.15) is 39.7 Å². The lowest BCUT2D eigenvalue weighted by Crippen LogP contribution is -2.15. The number of hydrogen-bond donors (Lipinski definition) is 0. The molecule has 0 unspecified atom stereocenters. The summed E-state index contributed by atoms with van der Waals surface area (Å²) in [6.45, 7) is 0. The van der Waals surface area contributed by atoms with Crippen molar-refractivity contribution in [3.63, 3.8) is 0 Å². The van der Waals surface area contributed by atoms with Gasteiger partial charge in [-0.1, -0.05) is 75.5 Å². The Labute approximate surface area is 182 Å². The van der Waals surface area contributed by atoms with Crippen LogP contribution in [-0.4, -0.2) is 5.78 Å². The van der Waals surface area contributed by atoms with Crippen molar-refractivity contribution in [2.24, 2.45) is 0 Å². The fourth-order valence-electron chi connectivity index (χ4n) is 3.19. The highest BCUT2D eigenvalue weighted by molar-refractivity contribution is 9.10. The van der Waals surface area contributed by atoms with Crippen LogP contribution in [0.25, 0.3) is 0 Å². The Bertz CT molecular complexity index is 1010. The first-order chi connectivity index (χ1) is 13.5. The van der Waals surface area contributed by atoms with E-state index in [-0.39, 0.29) is 18.1 Å². The molecule has 3 rings (SSSR count). The predicted octanol–water partition coefficient (Wildman–Crippen LogP) is 7.42. The standard InChI is InChI=1S/C23H16BrCl2NO/c24-18-8-4-16(5-9-18)23(28)13-21(15-6-10-19(25)11-7-15)22(14-27)17-2-1-3-20(26)12-17/h1-12,21-22H,13H2/t21-,22-/m1/s1. The van der Waals surface area contributed by atoms with Crippen LogP contribution in [0.2, 0.25) is 10.0 Å². The van der Waals surface area contributed by atoms with E-state index in [0.29, 0.717) is 15.6 Å². The van der Waals surface area contributed by atoms with Crippen LogP contribution in [0.4, 0.5) is 0 Å². The van der Waals surface area contributed by atoms with Crippen molar-refractivity contribution in [3.05, 3.63) is 104 Å². The van der Waals surface area contributed by atoms with Crippen LogP contribution in [0.15, 0.2) is 77.3 Å². The Hall–Kier alpha value is -2.12. The molecule has 0 N–H and O–H groups in total. The van der Waals surface area contributed by atoms with Crippen molar-refractivity contribution in [1.29, 1.82) is 5.26 Å². The van der Waals surface area contributed by atoms with E-state index in [4.69, 9.17) is 23.2 Å². The van der Waals surface area contributed by atoms with Crippen molar-refractivity contribution < 1.29 is 4.79 Å². The van der Waals surface area contributed by atoms with Gasteiger partial charge in [-0.15, -0.1) is 0 Å². The molecule has 28 heavy (non-hydrogen) atoms. The van der Waals surface area contributed by atoms with Gasteiger partial charge in [0.1, 0.15) is 0 Å². The van der Waals surface area contributed by atoms with Crippen LogP contribution in [0, 0.1) is 11.3 Å². The normalized spacial score (nSPS) is 12.8. The molecule has 2 atom stereocenters. The molecule has 3 aromatic rings. The molecule has 0 aliphatic carbocycles. The summed E-state index contributed by atoms with van der Waals surface area (Å²) in [6, 6.07) is 24.1. The minimum absolute atomic E-state index is 0.0188. The lowest BCUT2D eigenvalue weighted by molar-refractivity contribution is 0.0971. The molecule has 0 aliphatic rings. The molecule has 0 saturated carbocycles. The third kappa shape index (κ3) is 5.02. The average Bonchev–Trinajstić information content (AvgIpc) is 2.69. The molecule has 0 aromatic heterocycles. The van der Waals surface area contributed by atoms with Gasteiger partial charge in [-0.25, -0.2) is 0 Å². The third-order valence-electron chi connectivity index (χ3n) is 4.62. The summed E-state index contributed by atoms with van der Waals surface area (Å²) in [4.78, 5) is 12.9. The molecule has 0 bridgehead atoms. The summed E-state index contributed by atoms with van der Waals surface area (Å²) in [5.41, 5.74) is 2.30. The number of benzene rings is 3. The molecule has 0 spiro atoms. The first kappa shape index (κ1) is 20.6. The van der Waals surface area contributed by atoms with E-state index >= 15 is 0 Å². The molecule has 0 radical (unpaired) electrons. The van der Waals surface area contributed by atoms with Gasteiger partial charge in [0.15, 0.2) is 5.78 Å². The zero-order valence-corrected chi connectivity index (χ0v) is 17.9. The van der Waals surface area contributed by atoms with Gasteiger partial charge >= 0.3 is 0 Å². The average molecular weight is 473 g/mol. The molecule has 140 valence electrons. The van der Waals surface area contributed by atoms with Crippen molar-refractivity contribution in [2.45, 2.75) is 18.3 Å². The van der Waals surface area contributed by atoms with Gasteiger partial charge in [-0.05, 0) is 47.5 Å². The van der Waals surface area contributed by atoms with Gasteiger partial charge < -0.3 is 0 Å². The Morgan fingerprint density at radius 3 is 2.21 bits per heavy atom. The van der Waals surface area contributed by atoms with Crippen molar-refractivity contribution in [2.75, 3.05) is 0 Å². The molecule has 2 nitrogen and oxygen atoms in total. The Kier molecular flexibility index (Phi) is 6.91. The van der Waals surface area contributed by atoms with E-state index < -0.39 is 5.92 Å². The molecule has 0 saturated heterocycles. The summed E-state index contributed by atoms with van der Waals surface area (Å²) >= 11 is 15.5. The molecule has 0 heterocycles. The largest absolute Gasteiger partial charge is 0.294 e. The summed E-state index contributed by atoms with van der Waals surface area (Å²) in [5.74, 6) is -0.856. The van der Waals surface area contributed by atoms with Crippen LogP contribution in [0.5, 0.6) is 0 Å². The maximum atomic E-state index is 12.9. The van der Waals surface area contributed by atoms with E-state index in [0.717, 1.165) is 15.6 Å². The van der Waals surface area contributed by atoms with Crippen LogP contribution < -0.4 is 0 Å². The first-order valence-electron chi connectivity index (χ1n) is 8.67. The number of carbonyl (C=O) groups is 1. The highest BCUT2D eigenvalue weighted by Crippen LogP contribution is 2.37. The quantitative estimate of drug-likeness (QED) is 0.350. The number of ketones is 1. The highest BCUT2D eigenvalue weighted by atomic mass is 79.9. The number of carbonyl (C=O) groups excluding carboxylic acids is 1. The maximum Gasteiger partial charge on any atom is 0.163 e.